The maximum Gasteiger partial charge on any atom is 0.0541 e. The zero-order valence-corrected chi connectivity index (χ0v) is 10.0. The Kier molecular flexibility index (Phi) is 4.02. The number of nitrogens with one attached hydrogen (secondary N) is 1. The van der Waals surface area contributed by atoms with Gasteiger partial charge in [-0.2, -0.15) is 0 Å². The molecule has 1 heterocycles. The summed E-state index contributed by atoms with van der Waals surface area (Å²) in [5.41, 5.74) is 1.35. The van der Waals surface area contributed by atoms with Crippen LogP contribution in [0.5, 0.6) is 0 Å². The minimum Gasteiger partial charge on any atom is -0.393 e. The van der Waals surface area contributed by atoms with Crippen LogP contribution >= 0.6 is 0 Å². The topological polar surface area (TPSA) is 37.2 Å². The second-order valence-electron chi connectivity index (χ2n) is 4.74. The van der Waals surface area contributed by atoms with E-state index in [4.69, 9.17) is 0 Å². The first-order valence-electron chi connectivity index (χ1n) is 6.34. The van der Waals surface area contributed by atoms with E-state index in [0.717, 1.165) is 38.8 Å². The zero-order chi connectivity index (χ0) is 11.4. The smallest absolute Gasteiger partial charge is 0.0541 e. The summed E-state index contributed by atoms with van der Waals surface area (Å²) in [6.07, 6.45) is 8.39. The van der Waals surface area contributed by atoms with Crippen molar-refractivity contribution in [3.05, 3.63) is 24.0 Å². The highest BCUT2D eigenvalue weighted by atomic mass is 16.3. The molecule has 2 N–H and O–H groups in total. The molecule has 0 aromatic carbocycles. The number of aromatic nitrogens is 1. The van der Waals surface area contributed by atoms with Crippen molar-refractivity contribution < 1.29 is 5.11 Å². The number of hydrogen-bond donors (Lipinski definition) is 2. The van der Waals surface area contributed by atoms with Gasteiger partial charge < -0.3 is 15.0 Å². The molecule has 1 fully saturated rings. The maximum atomic E-state index is 9.42. The van der Waals surface area contributed by atoms with Crippen LogP contribution in [0, 0.1) is 0 Å². The Balaban J connectivity index is 1.74. The molecule has 0 spiro atoms. The lowest BCUT2D eigenvalue weighted by Crippen LogP contribution is -2.34. The van der Waals surface area contributed by atoms with E-state index in [0.29, 0.717) is 6.04 Å². The van der Waals surface area contributed by atoms with E-state index in [-0.39, 0.29) is 6.10 Å². The number of aryl methyl sites for hydroxylation is 1. The van der Waals surface area contributed by atoms with Crippen molar-refractivity contribution in [2.45, 2.75) is 57.8 Å². The molecule has 3 nitrogen and oxygen atoms in total. The summed E-state index contributed by atoms with van der Waals surface area (Å²) in [7, 11) is 0. The predicted octanol–water partition coefficient (Wildman–Crippen LogP) is 1.90. The van der Waals surface area contributed by atoms with Gasteiger partial charge in [0.2, 0.25) is 0 Å². The lowest BCUT2D eigenvalue weighted by Gasteiger charge is -2.26. The van der Waals surface area contributed by atoms with Gasteiger partial charge in [-0.25, -0.2) is 0 Å². The Morgan fingerprint density at radius 1 is 1.38 bits per heavy atom. The molecule has 0 saturated heterocycles. The van der Waals surface area contributed by atoms with Crippen molar-refractivity contribution in [2.24, 2.45) is 0 Å². The van der Waals surface area contributed by atoms with Gasteiger partial charge in [-0.3, -0.25) is 0 Å². The van der Waals surface area contributed by atoms with Crippen LogP contribution in [-0.2, 0) is 13.1 Å². The molecular formula is C13H22N2O. The van der Waals surface area contributed by atoms with Crippen LogP contribution in [0.4, 0.5) is 0 Å². The molecule has 1 aliphatic carbocycles. The van der Waals surface area contributed by atoms with Gasteiger partial charge in [0, 0.05) is 31.5 Å². The largest absolute Gasteiger partial charge is 0.393 e. The molecule has 3 heteroatoms. The van der Waals surface area contributed by atoms with E-state index in [1.54, 1.807) is 0 Å². The van der Waals surface area contributed by atoms with E-state index in [1.165, 1.54) is 5.56 Å². The summed E-state index contributed by atoms with van der Waals surface area (Å²) in [6.45, 7) is 4.14. The molecule has 1 saturated carbocycles. The molecule has 1 aliphatic rings. The van der Waals surface area contributed by atoms with E-state index in [9.17, 15) is 5.11 Å². The predicted molar refractivity (Wildman–Crippen MR) is 65.2 cm³/mol. The van der Waals surface area contributed by atoms with E-state index in [1.807, 2.05) is 0 Å². The van der Waals surface area contributed by atoms with Crippen molar-refractivity contribution in [2.75, 3.05) is 0 Å². The second-order valence-corrected chi connectivity index (χ2v) is 4.74. The molecule has 16 heavy (non-hydrogen) atoms. The van der Waals surface area contributed by atoms with Crippen molar-refractivity contribution >= 4 is 0 Å². The fraction of sp³-hybridized carbons (Fsp3) is 0.692. The molecule has 2 rings (SSSR count). The first kappa shape index (κ1) is 11.7. The molecule has 0 radical (unpaired) electrons. The third kappa shape index (κ3) is 3.09. The number of nitrogens with zero attached hydrogens (tertiary/aromatic N) is 1. The molecule has 0 amide bonds. The Hall–Kier alpha value is -0.800. The Bertz CT molecular complexity index is 313. The van der Waals surface area contributed by atoms with Gasteiger partial charge in [0.15, 0.2) is 0 Å². The Morgan fingerprint density at radius 2 is 2.12 bits per heavy atom. The first-order chi connectivity index (χ1) is 7.78. The van der Waals surface area contributed by atoms with Gasteiger partial charge in [0.1, 0.15) is 0 Å². The highest BCUT2D eigenvalue weighted by Crippen LogP contribution is 2.18. The number of aliphatic hydroxyl groups excluding tert-OH is 1. The maximum absolute atomic E-state index is 9.42. The van der Waals surface area contributed by atoms with Crippen molar-refractivity contribution in [1.29, 1.82) is 0 Å². The van der Waals surface area contributed by atoms with Crippen molar-refractivity contribution in [3.63, 3.8) is 0 Å². The molecule has 0 unspecified atom stereocenters. The van der Waals surface area contributed by atoms with Gasteiger partial charge in [0.05, 0.1) is 6.10 Å². The normalized spacial score (nSPS) is 25.9. The van der Waals surface area contributed by atoms with Crippen LogP contribution in [0.3, 0.4) is 0 Å². The van der Waals surface area contributed by atoms with E-state index in [2.05, 4.69) is 35.3 Å². The van der Waals surface area contributed by atoms with Crippen LogP contribution in [0.15, 0.2) is 18.5 Å². The van der Waals surface area contributed by atoms with Gasteiger partial charge in [-0.1, -0.05) is 0 Å². The summed E-state index contributed by atoms with van der Waals surface area (Å²) >= 11 is 0. The molecule has 1 aromatic heterocycles. The van der Waals surface area contributed by atoms with Gasteiger partial charge >= 0.3 is 0 Å². The first-order valence-corrected chi connectivity index (χ1v) is 6.34. The summed E-state index contributed by atoms with van der Waals surface area (Å²) in [6, 6.07) is 2.77. The number of rotatable bonds is 4. The second kappa shape index (κ2) is 5.51. The average Bonchev–Trinajstić information content (AvgIpc) is 2.76. The molecular weight excluding hydrogens is 200 g/mol. The molecule has 0 atom stereocenters. The molecule has 1 aromatic rings. The quantitative estimate of drug-likeness (QED) is 0.816. The van der Waals surface area contributed by atoms with Crippen LogP contribution in [0.25, 0.3) is 0 Å². The fourth-order valence-corrected chi connectivity index (χ4v) is 2.33. The molecule has 0 bridgehead atoms. The summed E-state index contributed by atoms with van der Waals surface area (Å²) in [4.78, 5) is 0. The Morgan fingerprint density at radius 3 is 2.75 bits per heavy atom. The SMILES string of the molecule is CCn1ccc(CNC2CCC(O)CC2)c1. The van der Waals surface area contributed by atoms with Crippen LogP contribution in [0.1, 0.15) is 38.2 Å². The van der Waals surface area contributed by atoms with Gasteiger partial charge in [-0.15, -0.1) is 0 Å². The van der Waals surface area contributed by atoms with Crippen molar-refractivity contribution in [1.82, 2.24) is 9.88 Å². The standard InChI is InChI=1S/C13H22N2O/c1-2-15-8-7-11(10-15)9-14-12-3-5-13(16)6-4-12/h7-8,10,12-14,16H,2-6,9H2,1H3. The van der Waals surface area contributed by atoms with Gasteiger partial charge in [0.25, 0.3) is 0 Å². The molecule has 0 aliphatic heterocycles. The van der Waals surface area contributed by atoms with Crippen LogP contribution in [-0.4, -0.2) is 21.8 Å². The minimum atomic E-state index is -0.0563. The van der Waals surface area contributed by atoms with E-state index < -0.39 is 0 Å². The monoisotopic (exact) mass is 222 g/mol. The summed E-state index contributed by atoms with van der Waals surface area (Å²) in [5, 5.41) is 13.0. The van der Waals surface area contributed by atoms with Crippen LogP contribution < -0.4 is 5.32 Å². The Labute approximate surface area is 97.5 Å². The average molecular weight is 222 g/mol. The number of hydrogen-bond acceptors (Lipinski definition) is 2. The number of aliphatic hydroxyl groups is 1. The third-order valence-electron chi connectivity index (χ3n) is 3.47. The highest BCUT2D eigenvalue weighted by molar-refractivity contribution is 5.10. The lowest BCUT2D eigenvalue weighted by atomic mass is 9.93. The summed E-state index contributed by atoms with van der Waals surface area (Å²) in [5.74, 6) is 0. The van der Waals surface area contributed by atoms with Gasteiger partial charge in [-0.05, 0) is 44.2 Å². The van der Waals surface area contributed by atoms with Crippen LogP contribution in [0.2, 0.25) is 0 Å². The van der Waals surface area contributed by atoms with Crippen molar-refractivity contribution in [3.8, 4) is 0 Å². The summed E-state index contributed by atoms with van der Waals surface area (Å²) < 4.78 is 2.20. The highest BCUT2D eigenvalue weighted by Gasteiger charge is 2.18. The minimum absolute atomic E-state index is 0.0563. The van der Waals surface area contributed by atoms with E-state index >= 15 is 0 Å². The fourth-order valence-electron chi connectivity index (χ4n) is 2.33. The molecule has 90 valence electrons. The zero-order valence-electron chi connectivity index (χ0n) is 10.0. The third-order valence-corrected chi connectivity index (χ3v) is 3.47. The lowest BCUT2D eigenvalue weighted by molar-refractivity contribution is 0.116.